The highest BCUT2D eigenvalue weighted by Crippen LogP contribution is 2.20. The number of carbonyl (C=O) groups excluding carboxylic acids is 1. The minimum absolute atomic E-state index is 0.155. The second-order valence-corrected chi connectivity index (χ2v) is 7.84. The summed E-state index contributed by atoms with van der Waals surface area (Å²) < 4.78 is 7.31. The Bertz CT molecular complexity index is 1450. The van der Waals surface area contributed by atoms with E-state index in [1.54, 1.807) is 31.4 Å². The van der Waals surface area contributed by atoms with Gasteiger partial charge in [-0.25, -0.2) is 14.8 Å². The number of hydrogen-bond acceptors (Lipinski definition) is 6. The summed E-state index contributed by atoms with van der Waals surface area (Å²) in [6.45, 7) is 1.98. The molecule has 0 atom stereocenters. The Morgan fingerprint density at radius 3 is 2.35 bits per heavy atom. The van der Waals surface area contributed by atoms with Gasteiger partial charge in [0, 0.05) is 25.4 Å². The minimum Gasteiger partial charge on any atom is -0.497 e. The van der Waals surface area contributed by atoms with Gasteiger partial charge in [-0.15, -0.1) is 0 Å². The zero-order valence-electron chi connectivity index (χ0n) is 19.2. The van der Waals surface area contributed by atoms with Crippen molar-refractivity contribution in [3.8, 4) is 17.1 Å². The summed E-state index contributed by atoms with van der Waals surface area (Å²) in [5.41, 5.74) is 1.82. The summed E-state index contributed by atoms with van der Waals surface area (Å²) in [4.78, 5) is 47.1. The fourth-order valence-electron chi connectivity index (χ4n) is 3.59. The van der Waals surface area contributed by atoms with Crippen LogP contribution in [0.25, 0.3) is 22.4 Å². The van der Waals surface area contributed by atoms with Crippen LogP contribution in [-0.2, 0) is 31.4 Å². The Kier molecular flexibility index (Phi) is 6.53. The van der Waals surface area contributed by atoms with Crippen molar-refractivity contribution in [1.82, 2.24) is 24.4 Å². The van der Waals surface area contributed by atoms with Crippen molar-refractivity contribution in [2.24, 2.45) is 7.05 Å². The normalized spacial score (nSPS) is 10.9. The monoisotopic (exact) mass is 459 g/mol. The van der Waals surface area contributed by atoms with Crippen LogP contribution in [0.15, 0.2) is 64.3 Å². The van der Waals surface area contributed by atoms with E-state index in [4.69, 9.17) is 4.74 Å². The molecule has 2 aromatic heterocycles. The van der Waals surface area contributed by atoms with Crippen LogP contribution in [-0.4, -0.2) is 32.1 Å². The predicted molar refractivity (Wildman–Crippen MR) is 129 cm³/mol. The van der Waals surface area contributed by atoms with Gasteiger partial charge in [-0.05, 0) is 41.8 Å². The number of nitrogens with zero attached hydrogens (tertiary/aromatic N) is 4. The number of benzene rings is 2. The molecule has 2 heterocycles. The van der Waals surface area contributed by atoms with Crippen molar-refractivity contribution in [2.45, 2.75) is 26.4 Å². The number of aryl methyl sites for hydroxylation is 2. The van der Waals surface area contributed by atoms with Gasteiger partial charge < -0.3 is 10.1 Å². The molecule has 0 fully saturated rings. The number of aromatic nitrogens is 4. The molecule has 0 saturated heterocycles. The van der Waals surface area contributed by atoms with Gasteiger partial charge in [0.15, 0.2) is 11.5 Å². The Balaban J connectivity index is 1.58. The lowest BCUT2D eigenvalue weighted by Crippen LogP contribution is -2.43. The van der Waals surface area contributed by atoms with Crippen molar-refractivity contribution in [3.05, 3.63) is 86.7 Å². The molecule has 0 aliphatic rings. The first-order chi connectivity index (χ1) is 16.4. The molecule has 4 aromatic rings. The molecule has 0 aliphatic heterocycles. The number of fused-ring (bicyclic) bond motifs is 1. The summed E-state index contributed by atoms with van der Waals surface area (Å²) >= 11 is 0. The Hall–Kier alpha value is -4.27. The first kappa shape index (κ1) is 22.9. The molecule has 0 unspecified atom stereocenters. The number of ether oxygens (including phenoxy) is 1. The lowest BCUT2D eigenvalue weighted by Gasteiger charge is -2.11. The second kappa shape index (κ2) is 9.70. The van der Waals surface area contributed by atoms with Gasteiger partial charge in [-0.3, -0.25) is 18.7 Å². The smallest absolute Gasteiger partial charge is 0.332 e. The molecule has 1 N–H and O–H groups in total. The van der Waals surface area contributed by atoms with Gasteiger partial charge in [0.1, 0.15) is 17.7 Å². The average Bonchev–Trinajstić information content (AvgIpc) is 2.88. The molecule has 0 bridgehead atoms. The number of rotatable bonds is 7. The Morgan fingerprint density at radius 1 is 1.03 bits per heavy atom. The van der Waals surface area contributed by atoms with Crippen molar-refractivity contribution in [2.75, 3.05) is 7.11 Å². The highest BCUT2D eigenvalue weighted by molar-refractivity contribution is 5.78. The molecular formula is C25H25N5O4. The lowest BCUT2D eigenvalue weighted by molar-refractivity contribution is -0.121. The summed E-state index contributed by atoms with van der Waals surface area (Å²) in [6, 6.07) is 15.0. The number of methoxy groups -OCH3 is 1. The van der Waals surface area contributed by atoms with Crippen LogP contribution in [0.5, 0.6) is 5.75 Å². The Labute approximate surface area is 195 Å². The van der Waals surface area contributed by atoms with Crippen molar-refractivity contribution in [1.29, 1.82) is 0 Å². The van der Waals surface area contributed by atoms with Gasteiger partial charge in [-0.1, -0.05) is 31.2 Å². The van der Waals surface area contributed by atoms with Gasteiger partial charge >= 0.3 is 5.69 Å². The fraction of sp³-hybridized carbons (Fsp3) is 0.240. The highest BCUT2D eigenvalue weighted by Gasteiger charge is 2.16. The zero-order valence-corrected chi connectivity index (χ0v) is 19.2. The number of nitrogens with one attached hydrogen (secondary N) is 1. The van der Waals surface area contributed by atoms with E-state index >= 15 is 0 Å². The molecule has 2 aromatic carbocycles. The van der Waals surface area contributed by atoms with E-state index in [-0.39, 0.29) is 11.0 Å². The summed E-state index contributed by atoms with van der Waals surface area (Å²) in [5.74, 6) is 0.624. The van der Waals surface area contributed by atoms with Crippen molar-refractivity contribution < 1.29 is 9.53 Å². The average molecular weight is 460 g/mol. The van der Waals surface area contributed by atoms with Crippen LogP contribution in [0.3, 0.4) is 0 Å². The summed E-state index contributed by atoms with van der Waals surface area (Å²) in [6.07, 6.45) is 2.32. The number of carbonyl (C=O) groups is 1. The molecule has 0 spiro atoms. The highest BCUT2D eigenvalue weighted by atomic mass is 16.5. The summed E-state index contributed by atoms with van der Waals surface area (Å²) in [7, 11) is 3.09. The fourth-order valence-corrected chi connectivity index (χ4v) is 3.59. The van der Waals surface area contributed by atoms with Gasteiger partial charge in [0.25, 0.3) is 5.56 Å². The molecule has 34 heavy (non-hydrogen) atoms. The molecule has 4 rings (SSSR count). The Morgan fingerprint density at radius 2 is 1.71 bits per heavy atom. The molecular weight excluding hydrogens is 434 g/mol. The number of amides is 1. The molecule has 0 saturated carbocycles. The number of hydrogen-bond donors (Lipinski definition) is 1. The third-order valence-electron chi connectivity index (χ3n) is 5.65. The topological polar surface area (TPSA) is 108 Å². The van der Waals surface area contributed by atoms with Gasteiger partial charge in [-0.2, -0.15) is 0 Å². The van der Waals surface area contributed by atoms with Gasteiger partial charge in [0.05, 0.1) is 7.11 Å². The maximum Gasteiger partial charge on any atom is 0.332 e. The molecule has 9 nitrogen and oxygen atoms in total. The largest absolute Gasteiger partial charge is 0.497 e. The van der Waals surface area contributed by atoms with Crippen LogP contribution in [0.2, 0.25) is 0 Å². The molecule has 174 valence electrons. The van der Waals surface area contributed by atoms with Crippen molar-refractivity contribution >= 4 is 16.9 Å². The molecule has 0 radical (unpaired) electrons. The zero-order chi connectivity index (χ0) is 24.2. The minimum atomic E-state index is -0.626. The van der Waals surface area contributed by atoms with E-state index in [0.717, 1.165) is 16.6 Å². The second-order valence-electron chi connectivity index (χ2n) is 7.84. The van der Waals surface area contributed by atoms with Gasteiger partial charge in [0.2, 0.25) is 5.91 Å². The van der Waals surface area contributed by atoms with Crippen LogP contribution in [0.4, 0.5) is 0 Å². The van der Waals surface area contributed by atoms with E-state index < -0.39 is 23.7 Å². The molecule has 9 heteroatoms. The van der Waals surface area contributed by atoms with Crippen LogP contribution >= 0.6 is 0 Å². The SMILES string of the molecule is CCc1ccc(CNC(=O)Cn2c(=O)c3cnc(-c4ccc(OC)cc4)nc3n(C)c2=O)cc1. The quantitative estimate of drug-likeness (QED) is 0.453. The summed E-state index contributed by atoms with van der Waals surface area (Å²) in [5, 5.41) is 2.91. The first-order valence-electron chi connectivity index (χ1n) is 10.9. The van der Waals surface area contributed by atoms with Crippen LogP contribution in [0.1, 0.15) is 18.1 Å². The lowest BCUT2D eigenvalue weighted by atomic mass is 10.1. The maximum absolute atomic E-state index is 13.0. The van der Waals surface area contributed by atoms with E-state index in [9.17, 15) is 14.4 Å². The van der Waals surface area contributed by atoms with Crippen molar-refractivity contribution in [3.63, 3.8) is 0 Å². The van der Waals surface area contributed by atoms with E-state index in [2.05, 4.69) is 22.2 Å². The third kappa shape index (κ3) is 4.59. The standard InChI is InChI=1S/C25H25N5O4/c1-4-16-5-7-17(8-6-16)13-26-21(31)15-30-24(32)20-14-27-22(28-23(20)29(2)25(30)33)18-9-11-19(34-3)12-10-18/h5-12,14H,4,13,15H2,1-3H3,(H,26,31). The molecule has 0 aliphatic carbocycles. The van der Waals surface area contributed by atoms with Crippen LogP contribution < -0.4 is 21.3 Å². The molecule has 1 amide bonds. The predicted octanol–water partition coefficient (Wildman–Crippen LogP) is 2.04. The van der Waals surface area contributed by atoms with E-state index in [0.29, 0.717) is 23.7 Å². The first-order valence-corrected chi connectivity index (χ1v) is 10.9. The van der Waals surface area contributed by atoms with Crippen LogP contribution in [0, 0.1) is 0 Å². The van der Waals surface area contributed by atoms with E-state index in [1.807, 2.05) is 24.3 Å². The third-order valence-corrected chi connectivity index (χ3v) is 5.65. The maximum atomic E-state index is 13.0. The van der Waals surface area contributed by atoms with E-state index in [1.165, 1.54) is 23.4 Å².